The Bertz CT molecular complexity index is 865. The first-order valence-corrected chi connectivity index (χ1v) is 8.04. The Morgan fingerprint density at radius 1 is 1.05 bits per heavy atom. The van der Waals surface area contributed by atoms with Crippen LogP contribution >= 0.6 is 11.3 Å². The van der Waals surface area contributed by atoms with Crippen LogP contribution < -0.4 is 10.2 Å². The molecule has 2 aromatic carbocycles. The molecule has 0 N–H and O–H groups in total. The zero-order chi connectivity index (χ0) is 16.1. The summed E-state index contributed by atoms with van der Waals surface area (Å²) in [6.07, 6.45) is 0. The molecule has 0 saturated heterocycles. The van der Waals surface area contributed by atoms with Gasteiger partial charge in [-0.3, -0.25) is 9.59 Å². The number of rotatable bonds is 3. The largest absolute Gasteiger partial charge is 0.486 e. The summed E-state index contributed by atoms with van der Waals surface area (Å²) in [5.74, 6) is 0.579. The highest BCUT2D eigenvalue weighted by Gasteiger charge is 2.07. The van der Waals surface area contributed by atoms with Crippen molar-refractivity contribution in [3.8, 4) is 5.75 Å². The molecule has 0 spiro atoms. The molecular weight excluding hydrogens is 296 g/mol. The van der Waals surface area contributed by atoms with Crippen LogP contribution in [0, 0.1) is 0 Å². The van der Waals surface area contributed by atoms with Gasteiger partial charge in [0, 0.05) is 20.2 Å². The molecule has 22 heavy (non-hydrogen) atoms. The first-order valence-electron chi connectivity index (χ1n) is 7.23. The van der Waals surface area contributed by atoms with E-state index in [-0.39, 0.29) is 17.8 Å². The van der Waals surface area contributed by atoms with Crippen molar-refractivity contribution in [1.82, 2.24) is 0 Å². The summed E-state index contributed by atoms with van der Waals surface area (Å²) in [6, 6.07) is 12.9. The van der Waals surface area contributed by atoms with Gasteiger partial charge in [0.25, 0.3) is 0 Å². The Morgan fingerprint density at radius 2 is 1.73 bits per heavy atom. The van der Waals surface area contributed by atoms with Crippen LogP contribution in [0.25, 0.3) is 20.2 Å². The highest BCUT2D eigenvalue weighted by molar-refractivity contribution is 7.24. The Hall–Kier alpha value is -2.20. The summed E-state index contributed by atoms with van der Waals surface area (Å²) in [6.45, 7) is 5.53. The smallest absolute Gasteiger partial charge is 0.195 e. The second-order valence-corrected chi connectivity index (χ2v) is 5.66. The molecule has 0 atom stereocenters. The number of hydrogen-bond donors (Lipinski definition) is 0. The minimum absolute atomic E-state index is 0.0307. The van der Waals surface area contributed by atoms with Crippen molar-refractivity contribution in [3.05, 3.63) is 52.7 Å². The Balaban J connectivity index is 0.000000847. The van der Waals surface area contributed by atoms with Crippen molar-refractivity contribution >= 4 is 37.3 Å². The number of carbonyl (C=O) groups is 1. The summed E-state index contributed by atoms with van der Waals surface area (Å²) < 4.78 is 7.21. The van der Waals surface area contributed by atoms with E-state index in [0.717, 1.165) is 14.8 Å². The molecule has 0 saturated carbocycles. The summed E-state index contributed by atoms with van der Waals surface area (Å²) in [7, 11) is 0. The van der Waals surface area contributed by atoms with Crippen LogP contribution in [-0.4, -0.2) is 12.4 Å². The first kappa shape index (κ1) is 16.2. The predicted octanol–water partition coefficient (Wildman–Crippen LogP) is 4.41. The molecule has 3 aromatic rings. The quantitative estimate of drug-likeness (QED) is 0.673. The first-order chi connectivity index (χ1) is 10.6. The second kappa shape index (κ2) is 7.18. The fourth-order valence-electron chi connectivity index (χ4n) is 2.06. The van der Waals surface area contributed by atoms with E-state index in [2.05, 4.69) is 0 Å². The molecule has 0 amide bonds. The van der Waals surface area contributed by atoms with Crippen molar-refractivity contribution in [2.24, 2.45) is 0 Å². The summed E-state index contributed by atoms with van der Waals surface area (Å²) in [4.78, 5) is 23.3. The van der Waals surface area contributed by atoms with Crippen molar-refractivity contribution in [1.29, 1.82) is 0 Å². The van der Waals surface area contributed by atoms with E-state index in [1.54, 1.807) is 23.5 Å². The van der Waals surface area contributed by atoms with Crippen LogP contribution in [0.3, 0.4) is 0 Å². The maximum atomic E-state index is 12.4. The Labute approximate surface area is 133 Å². The maximum absolute atomic E-state index is 12.4. The molecule has 0 unspecified atom stereocenters. The molecule has 3 nitrogen and oxygen atoms in total. The number of benzene rings is 2. The lowest BCUT2D eigenvalue weighted by molar-refractivity contribution is -0.118. The number of hydrogen-bond acceptors (Lipinski definition) is 4. The van der Waals surface area contributed by atoms with Crippen LogP contribution in [0.15, 0.2) is 47.3 Å². The molecule has 4 heteroatoms. The van der Waals surface area contributed by atoms with E-state index in [1.807, 2.05) is 44.2 Å². The van der Waals surface area contributed by atoms with Gasteiger partial charge in [-0.15, -0.1) is 11.3 Å². The fraction of sp³-hybridized carbons (Fsp3) is 0.222. The van der Waals surface area contributed by atoms with E-state index in [0.29, 0.717) is 11.1 Å². The van der Waals surface area contributed by atoms with Crippen LogP contribution in [0.2, 0.25) is 0 Å². The number of carbonyl (C=O) groups excluding carboxylic acids is 1. The van der Waals surface area contributed by atoms with Gasteiger partial charge in [-0.25, -0.2) is 0 Å². The predicted molar refractivity (Wildman–Crippen MR) is 93.1 cm³/mol. The zero-order valence-electron chi connectivity index (χ0n) is 12.9. The lowest BCUT2D eigenvalue weighted by atomic mass is 10.2. The molecule has 0 bridgehead atoms. The van der Waals surface area contributed by atoms with Gasteiger partial charge >= 0.3 is 0 Å². The fourth-order valence-corrected chi connectivity index (χ4v) is 3.16. The third-order valence-corrected chi connectivity index (χ3v) is 4.12. The number of fused-ring (bicyclic) bond motifs is 2. The molecule has 1 heterocycles. The Kier molecular flexibility index (Phi) is 5.28. The number of ether oxygens (including phenoxy) is 1. The monoisotopic (exact) mass is 314 g/mol. The van der Waals surface area contributed by atoms with Crippen molar-refractivity contribution in [2.45, 2.75) is 20.8 Å². The zero-order valence-corrected chi connectivity index (χ0v) is 13.7. The van der Waals surface area contributed by atoms with Gasteiger partial charge in [-0.1, -0.05) is 26.0 Å². The van der Waals surface area contributed by atoms with Gasteiger partial charge in [0.05, 0.1) is 0 Å². The van der Waals surface area contributed by atoms with Crippen LogP contribution in [-0.2, 0) is 4.79 Å². The lowest BCUT2D eigenvalue weighted by Gasteiger charge is -2.05. The number of Topliss-reactive ketones (excluding diaryl/α,β-unsaturated/α-hetero) is 1. The highest BCUT2D eigenvalue weighted by atomic mass is 32.1. The second-order valence-electron chi connectivity index (χ2n) is 4.58. The van der Waals surface area contributed by atoms with E-state index in [4.69, 9.17) is 4.74 Å². The molecule has 3 rings (SSSR count). The molecule has 0 fully saturated rings. The summed E-state index contributed by atoms with van der Waals surface area (Å²) in [5, 5.41) is 1.42. The average molecular weight is 314 g/mol. The molecule has 0 aliphatic rings. The van der Waals surface area contributed by atoms with Gasteiger partial charge in [-0.05, 0) is 37.3 Å². The molecule has 0 aliphatic carbocycles. The SMILES string of the molecule is CC.CC(=O)COc1ccc2c(=O)c3ccccc3sc2c1. The van der Waals surface area contributed by atoms with Crippen LogP contribution in [0.5, 0.6) is 5.75 Å². The van der Waals surface area contributed by atoms with E-state index in [9.17, 15) is 9.59 Å². The van der Waals surface area contributed by atoms with Crippen molar-refractivity contribution in [3.63, 3.8) is 0 Å². The standard InChI is InChI=1S/C16H12O3S.C2H6/c1-10(17)9-19-11-6-7-13-15(8-11)20-14-5-3-2-4-12(14)16(13)18;1-2/h2-8H,9H2,1H3;1-2H3. The molecule has 0 radical (unpaired) electrons. The van der Waals surface area contributed by atoms with E-state index in [1.165, 1.54) is 6.92 Å². The molecule has 1 aromatic heterocycles. The molecular formula is C18H18O3S. The molecule has 0 aliphatic heterocycles. The lowest BCUT2D eigenvalue weighted by Crippen LogP contribution is -2.07. The van der Waals surface area contributed by atoms with Crippen molar-refractivity contribution in [2.75, 3.05) is 6.61 Å². The van der Waals surface area contributed by atoms with Crippen LogP contribution in [0.1, 0.15) is 20.8 Å². The Morgan fingerprint density at radius 3 is 2.45 bits per heavy atom. The highest BCUT2D eigenvalue weighted by Crippen LogP contribution is 2.27. The third-order valence-electron chi connectivity index (χ3n) is 2.99. The molecule has 114 valence electrons. The normalized spacial score (nSPS) is 10.1. The van der Waals surface area contributed by atoms with Gasteiger partial charge in [0.15, 0.2) is 11.2 Å². The van der Waals surface area contributed by atoms with Gasteiger partial charge in [0.2, 0.25) is 0 Å². The van der Waals surface area contributed by atoms with Crippen molar-refractivity contribution < 1.29 is 9.53 Å². The minimum atomic E-state index is -0.0307. The van der Waals surface area contributed by atoms with Gasteiger partial charge in [0.1, 0.15) is 12.4 Å². The maximum Gasteiger partial charge on any atom is 0.195 e. The van der Waals surface area contributed by atoms with E-state index >= 15 is 0 Å². The van der Waals surface area contributed by atoms with Crippen LogP contribution in [0.4, 0.5) is 0 Å². The third kappa shape index (κ3) is 3.34. The number of ketones is 1. The summed E-state index contributed by atoms with van der Waals surface area (Å²) >= 11 is 1.55. The van der Waals surface area contributed by atoms with Gasteiger partial charge in [-0.2, -0.15) is 0 Å². The van der Waals surface area contributed by atoms with Gasteiger partial charge < -0.3 is 4.74 Å². The minimum Gasteiger partial charge on any atom is -0.486 e. The summed E-state index contributed by atoms with van der Waals surface area (Å²) in [5.41, 5.74) is 0.0347. The van der Waals surface area contributed by atoms with E-state index < -0.39 is 0 Å². The average Bonchev–Trinajstić information content (AvgIpc) is 2.55. The topological polar surface area (TPSA) is 43.4 Å².